The molecule has 2 aromatic carbocycles. The van der Waals surface area contributed by atoms with Gasteiger partial charge in [0.2, 0.25) is 0 Å². The molecule has 4 aromatic heterocycles. The molecule has 6 aromatic rings. The molecule has 0 unspecified atom stereocenters. The molecular formula is C36H30Br2N10O2. The van der Waals surface area contributed by atoms with Crippen molar-refractivity contribution in [3.05, 3.63) is 116 Å². The average Bonchev–Trinajstić information content (AvgIpc) is 3.10. The van der Waals surface area contributed by atoms with Crippen LogP contribution in [0.25, 0.3) is 21.8 Å². The number of pyridine rings is 4. The molecule has 0 spiro atoms. The van der Waals surface area contributed by atoms with Crippen LogP contribution in [0, 0.1) is 32.8 Å². The summed E-state index contributed by atoms with van der Waals surface area (Å²) in [7, 11) is 0. The summed E-state index contributed by atoms with van der Waals surface area (Å²) >= 11 is 6.86. The SMILES string of the molecule is CC(C)(C#N)c1ccc(Nc2c(N)cnc3ccc(Br)cc23)cn1.CC(C)(C#N)c1ccc(Nc2c([N+](=O)[O-])cnc3ccc(Br)cc23)cn1. The summed E-state index contributed by atoms with van der Waals surface area (Å²) in [6, 6.07) is 22.9. The number of hydrogen-bond acceptors (Lipinski definition) is 11. The molecule has 0 atom stereocenters. The highest BCUT2D eigenvalue weighted by Crippen LogP contribution is 2.36. The lowest BCUT2D eigenvalue weighted by molar-refractivity contribution is -0.384. The number of nitro groups is 1. The van der Waals surface area contributed by atoms with Crippen molar-refractivity contribution in [2.24, 2.45) is 0 Å². The van der Waals surface area contributed by atoms with Gasteiger partial charge < -0.3 is 16.4 Å². The molecule has 4 heterocycles. The van der Waals surface area contributed by atoms with Crippen molar-refractivity contribution in [3.8, 4) is 12.1 Å². The van der Waals surface area contributed by atoms with E-state index in [9.17, 15) is 20.6 Å². The average molecular weight is 795 g/mol. The molecule has 0 fully saturated rings. The number of fused-ring (bicyclic) bond motifs is 2. The van der Waals surface area contributed by atoms with E-state index in [-0.39, 0.29) is 5.69 Å². The summed E-state index contributed by atoms with van der Waals surface area (Å²) in [6.45, 7) is 7.24. The number of nitrogens with one attached hydrogen (secondary N) is 2. The van der Waals surface area contributed by atoms with Gasteiger partial charge >= 0.3 is 5.69 Å². The van der Waals surface area contributed by atoms with Crippen molar-refractivity contribution in [2.45, 2.75) is 38.5 Å². The number of benzene rings is 2. The molecule has 0 amide bonds. The largest absolute Gasteiger partial charge is 0.396 e. The molecule has 0 aliphatic heterocycles. The van der Waals surface area contributed by atoms with Gasteiger partial charge in [0.15, 0.2) is 0 Å². The number of rotatable bonds is 7. The van der Waals surface area contributed by atoms with Gasteiger partial charge in [-0.1, -0.05) is 31.9 Å². The highest BCUT2D eigenvalue weighted by molar-refractivity contribution is 9.10. The Balaban J connectivity index is 0.000000195. The summed E-state index contributed by atoms with van der Waals surface area (Å²) in [5.41, 5.74) is 10.6. The molecular weight excluding hydrogens is 764 g/mol. The van der Waals surface area contributed by atoms with Gasteiger partial charge in [-0.2, -0.15) is 10.5 Å². The van der Waals surface area contributed by atoms with Crippen LogP contribution in [-0.2, 0) is 10.8 Å². The van der Waals surface area contributed by atoms with Gasteiger partial charge in [0.25, 0.3) is 0 Å². The second kappa shape index (κ2) is 14.4. The summed E-state index contributed by atoms with van der Waals surface area (Å²) in [4.78, 5) is 28.1. The van der Waals surface area contributed by atoms with E-state index >= 15 is 0 Å². The minimum Gasteiger partial charge on any atom is -0.396 e. The lowest BCUT2D eigenvalue weighted by Crippen LogP contribution is -2.15. The topological polar surface area (TPSA) is 192 Å². The molecule has 0 saturated heterocycles. The zero-order chi connectivity index (χ0) is 36.2. The van der Waals surface area contributed by atoms with Crippen molar-refractivity contribution in [1.29, 1.82) is 10.5 Å². The minimum atomic E-state index is -0.710. The van der Waals surface area contributed by atoms with Gasteiger partial charge in [0.05, 0.1) is 91.7 Å². The van der Waals surface area contributed by atoms with Gasteiger partial charge in [-0.05, 0) is 88.4 Å². The predicted octanol–water partition coefficient (Wildman–Crippen LogP) is 9.36. The van der Waals surface area contributed by atoms with E-state index < -0.39 is 15.8 Å². The normalized spacial score (nSPS) is 11.2. The molecule has 0 bridgehead atoms. The van der Waals surface area contributed by atoms with Crippen molar-refractivity contribution in [2.75, 3.05) is 16.4 Å². The fourth-order valence-electron chi connectivity index (χ4n) is 4.82. The Labute approximate surface area is 304 Å². The molecule has 6 rings (SSSR count). The number of nitriles is 2. The highest BCUT2D eigenvalue weighted by Gasteiger charge is 2.23. The second-order valence-corrected chi connectivity index (χ2v) is 14.1. The highest BCUT2D eigenvalue weighted by atomic mass is 79.9. The Morgan fingerprint density at radius 3 is 1.60 bits per heavy atom. The molecule has 12 nitrogen and oxygen atoms in total. The van der Waals surface area contributed by atoms with E-state index in [1.54, 1.807) is 56.7 Å². The minimum absolute atomic E-state index is 0.128. The maximum Gasteiger partial charge on any atom is 0.311 e. The maximum atomic E-state index is 11.4. The lowest BCUT2D eigenvalue weighted by atomic mass is 9.91. The third-order valence-electron chi connectivity index (χ3n) is 7.77. The third-order valence-corrected chi connectivity index (χ3v) is 8.76. The fraction of sp³-hybridized carbons (Fsp3) is 0.167. The Kier molecular flexibility index (Phi) is 10.3. The van der Waals surface area contributed by atoms with Crippen LogP contribution < -0.4 is 16.4 Å². The molecule has 50 heavy (non-hydrogen) atoms. The van der Waals surface area contributed by atoms with Crippen LogP contribution in [0.1, 0.15) is 39.1 Å². The van der Waals surface area contributed by atoms with E-state index in [4.69, 9.17) is 5.73 Å². The van der Waals surface area contributed by atoms with E-state index in [0.717, 1.165) is 36.9 Å². The van der Waals surface area contributed by atoms with Crippen LogP contribution in [0.3, 0.4) is 0 Å². The van der Waals surface area contributed by atoms with Crippen LogP contribution in [0.4, 0.5) is 34.1 Å². The van der Waals surface area contributed by atoms with E-state index in [1.807, 2.05) is 50.2 Å². The third kappa shape index (κ3) is 7.78. The van der Waals surface area contributed by atoms with E-state index in [0.29, 0.717) is 33.7 Å². The van der Waals surface area contributed by atoms with Crippen LogP contribution in [0.5, 0.6) is 0 Å². The summed E-state index contributed by atoms with van der Waals surface area (Å²) < 4.78 is 1.74. The van der Waals surface area contributed by atoms with Gasteiger partial charge in [-0.15, -0.1) is 0 Å². The van der Waals surface area contributed by atoms with Gasteiger partial charge in [0.1, 0.15) is 11.9 Å². The zero-order valence-corrected chi connectivity index (χ0v) is 30.5. The molecule has 14 heteroatoms. The van der Waals surface area contributed by atoms with Crippen molar-refractivity contribution in [3.63, 3.8) is 0 Å². The summed E-state index contributed by atoms with van der Waals surface area (Å²) in [6.07, 6.45) is 6.14. The number of anilines is 5. The number of aromatic nitrogens is 4. The second-order valence-electron chi connectivity index (χ2n) is 12.3. The Morgan fingerprint density at radius 1 is 0.700 bits per heavy atom. The smallest absolute Gasteiger partial charge is 0.311 e. The fourth-order valence-corrected chi connectivity index (χ4v) is 5.54. The lowest BCUT2D eigenvalue weighted by Gasteiger charge is -2.16. The Hall–Kier alpha value is -5.70. The van der Waals surface area contributed by atoms with Crippen molar-refractivity contribution in [1.82, 2.24) is 19.9 Å². The van der Waals surface area contributed by atoms with E-state index in [1.165, 1.54) is 6.20 Å². The summed E-state index contributed by atoms with van der Waals surface area (Å²) in [5, 5.41) is 37.8. The van der Waals surface area contributed by atoms with Crippen LogP contribution in [0.15, 0.2) is 94.4 Å². The van der Waals surface area contributed by atoms with Crippen molar-refractivity contribution < 1.29 is 4.92 Å². The van der Waals surface area contributed by atoms with Gasteiger partial charge in [-0.25, -0.2) is 4.98 Å². The quantitative estimate of drug-likeness (QED) is 0.103. The number of nitrogens with two attached hydrogens (primary N) is 1. The van der Waals surface area contributed by atoms with Gasteiger partial charge in [-0.3, -0.25) is 25.1 Å². The van der Waals surface area contributed by atoms with E-state index in [2.05, 4.69) is 74.6 Å². The summed E-state index contributed by atoms with van der Waals surface area (Å²) in [5.74, 6) is 0. The number of halogens is 2. The van der Waals surface area contributed by atoms with Crippen molar-refractivity contribution >= 4 is 87.8 Å². The molecule has 0 saturated carbocycles. The first-order chi connectivity index (χ1) is 23.7. The van der Waals surface area contributed by atoms with Gasteiger partial charge in [0, 0.05) is 19.7 Å². The van der Waals surface area contributed by atoms with Crippen LogP contribution in [-0.4, -0.2) is 24.9 Å². The monoisotopic (exact) mass is 792 g/mol. The first-order valence-electron chi connectivity index (χ1n) is 15.1. The predicted molar refractivity (Wildman–Crippen MR) is 202 cm³/mol. The maximum absolute atomic E-state index is 11.4. The zero-order valence-electron chi connectivity index (χ0n) is 27.4. The molecule has 0 radical (unpaired) electrons. The number of nitrogen functional groups attached to an aromatic ring is 1. The Bertz CT molecular complexity index is 2310. The molecule has 4 N–H and O–H groups in total. The first kappa shape index (κ1) is 35.6. The first-order valence-corrected chi connectivity index (χ1v) is 16.7. The molecule has 0 aliphatic rings. The number of hydrogen-bond donors (Lipinski definition) is 3. The molecule has 250 valence electrons. The number of nitrogens with zero attached hydrogens (tertiary/aromatic N) is 7. The van der Waals surface area contributed by atoms with Crippen LogP contribution in [0.2, 0.25) is 0 Å². The standard InChI is InChI=1S/C18H14BrN5O2.C18H16BrN5/c1-18(2,10-20)16-6-4-12(8-22-16)23-17-13-7-11(19)3-5-14(13)21-9-15(17)24(25)26;1-18(2,10-20)16-6-4-12(8-23-16)24-17-13-7-11(19)3-5-15(13)22-9-14(17)21/h3-9H,1-2H3,(H,21,23);3-9H,21H2,1-2H3,(H,22,24). The van der Waals surface area contributed by atoms with Crippen LogP contribution >= 0.6 is 31.9 Å². The molecule has 0 aliphatic carbocycles. The Morgan fingerprint density at radius 2 is 1.16 bits per heavy atom.